The van der Waals surface area contributed by atoms with E-state index in [1.54, 1.807) is 11.3 Å². The Morgan fingerprint density at radius 2 is 1.04 bits per heavy atom. The van der Waals surface area contributed by atoms with Gasteiger partial charge < -0.3 is 5.73 Å². The molecule has 49 heavy (non-hydrogen) atoms. The lowest BCUT2D eigenvalue weighted by molar-refractivity contribution is 0.569. The zero-order valence-electron chi connectivity index (χ0n) is 28.4. The van der Waals surface area contributed by atoms with E-state index in [1.165, 1.54) is 11.3 Å². The van der Waals surface area contributed by atoms with Crippen LogP contribution < -0.4 is 5.73 Å². The molecule has 4 aromatic heterocycles. The Kier molecular flexibility index (Phi) is 12.9. The second kappa shape index (κ2) is 16.2. The van der Waals surface area contributed by atoms with Crippen LogP contribution in [0.4, 0.5) is 10.3 Å². The molecule has 0 bridgehead atoms. The number of anilines is 1. The van der Waals surface area contributed by atoms with Crippen LogP contribution in [-0.2, 0) is 10.8 Å². The normalized spacial score (nSPS) is 11.0. The maximum atomic E-state index is 5.73. The molecule has 4 heterocycles. The maximum absolute atomic E-state index is 5.73. The number of benzene rings is 2. The highest BCUT2D eigenvalue weighted by Crippen LogP contribution is 2.36. The van der Waals surface area contributed by atoms with E-state index in [2.05, 4.69) is 99.0 Å². The van der Waals surface area contributed by atoms with Crippen molar-refractivity contribution in [2.24, 2.45) is 4.99 Å². The number of nitrogen functional groups attached to an aromatic ring is 1. The average Bonchev–Trinajstić information content (AvgIpc) is 3.60. The van der Waals surface area contributed by atoms with E-state index >= 15 is 0 Å². The van der Waals surface area contributed by atoms with Crippen LogP contribution in [-0.4, -0.2) is 25.6 Å². The summed E-state index contributed by atoms with van der Waals surface area (Å²) in [5.74, 6) is 0. The van der Waals surface area contributed by atoms with Crippen LogP contribution >= 0.6 is 22.7 Å². The fourth-order valence-corrected chi connectivity index (χ4v) is 6.70. The zero-order valence-corrected chi connectivity index (χ0v) is 30.0. The lowest BCUT2D eigenvalue weighted by Crippen LogP contribution is -2.13. The smallest absolute Gasteiger partial charge is 0.210 e. The summed E-state index contributed by atoms with van der Waals surface area (Å²) in [5.41, 5.74) is 15.3. The summed E-state index contributed by atoms with van der Waals surface area (Å²) < 4.78 is 0. The van der Waals surface area contributed by atoms with Crippen LogP contribution in [0.5, 0.6) is 0 Å². The number of aryl methyl sites for hydroxylation is 2. The van der Waals surface area contributed by atoms with Gasteiger partial charge in [0, 0.05) is 45.7 Å². The van der Waals surface area contributed by atoms with Gasteiger partial charge in [0.05, 0.1) is 26.9 Å². The average molecular weight is 691 g/mol. The zero-order chi connectivity index (χ0) is 33.8. The predicted octanol–water partition coefficient (Wildman–Crippen LogP) is 11.6. The van der Waals surface area contributed by atoms with Gasteiger partial charge in [-0.15, -0.1) is 0 Å². The van der Waals surface area contributed by atoms with E-state index in [0.29, 0.717) is 5.13 Å². The molecule has 0 radical (unpaired) electrons. The summed E-state index contributed by atoms with van der Waals surface area (Å²) >= 11 is 3.15. The highest BCUT2D eigenvalue weighted by molar-refractivity contribution is 7.19. The molecule has 0 aliphatic carbocycles. The molecule has 0 atom stereocenters. The van der Waals surface area contributed by atoms with E-state index in [4.69, 9.17) is 15.7 Å². The van der Waals surface area contributed by atoms with Crippen LogP contribution in [0, 0.1) is 13.8 Å². The second-order valence-electron chi connectivity index (χ2n) is 13.4. The first-order valence-corrected chi connectivity index (χ1v) is 17.3. The molecule has 8 heteroatoms. The van der Waals surface area contributed by atoms with Gasteiger partial charge in [-0.2, -0.15) is 0 Å². The van der Waals surface area contributed by atoms with E-state index in [9.17, 15) is 0 Å². The predicted molar refractivity (Wildman–Crippen MR) is 214 cm³/mol. The third-order valence-electron chi connectivity index (χ3n) is 7.48. The van der Waals surface area contributed by atoms with Gasteiger partial charge in [0.2, 0.25) is 5.13 Å². The van der Waals surface area contributed by atoms with Crippen LogP contribution in [0.2, 0.25) is 0 Å². The lowest BCUT2D eigenvalue weighted by Gasteiger charge is -2.18. The van der Waals surface area contributed by atoms with Gasteiger partial charge in [0.25, 0.3) is 0 Å². The first-order chi connectivity index (χ1) is 22.3. The Balaban J connectivity index is 0.000000293. The fraction of sp³-hybridized carbons (Fsp3) is 0.293. The molecular formula is C41H50N6S2. The molecule has 0 saturated heterocycles. The van der Waals surface area contributed by atoms with Crippen molar-refractivity contribution in [3.8, 4) is 20.9 Å². The summed E-state index contributed by atoms with van der Waals surface area (Å²) in [4.78, 5) is 25.3. The molecule has 6 aromatic rings. The molecule has 0 spiro atoms. The van der Waals surface area contributed by atoms with Gasteiger partial charge in [-0.05, 0) is 49.2 Å². The van der Waals surface area contributed by atoms with Gasteiger partial charge in [-0.3, -0.25) is 9.97 Å². The fourth-order valence-electron chi connectivity index (χ4n) is 4.93. The lowest BCUT2D eigenvalue weighted by atomic mass is 9.90. The van der Waals surface area contributed by atoms with Gasteiger partial charge in [0.15, 0.2) is 5.13 Å². The van der Waals surface area contributed by atoms with Gasteiger partial charge in [-0.25, -0.2) is 15.0 Å². The van der Waals surface area contributed by atoms with Gasteiger partial charge in [-0.1, -0.05) is 140 Å². The third kappa shape index (κ3) is 9.77. The van der Waals surface area contributed by atoms with Crippen molar-refractivity contribution in [1.82, 2.24) is 19.9 Å². The summed E-state index contributed by atoms with van der Waals surface area (Å²) in [7, 11) is 0. The van der Waals surface area contributed by atoms with E-state index in [1.807, 2.05) is 68.7 Å². The van der Waals surface area contributed by atoms with Crippen molar-refractivity contribution < 1.29 is 0 Å². The molecule has 0 unspecified atom stereocenters. The van der Waals surface area contributed by atoms with Crippen molar-refractivity contribution in [2.45, 2.75) is 81.1 Å². The molecule has 6 rings (SSSR count). The summed E-state index contributed by atoms with van der Waals surface area (Å²) in [6.07, 6.45) is 3.74. The van der Waals surface area contributed by atoms with Crippen LogP contribution in [0.25, 0.3) is 20.9 Å². The first kappa shape index (κ1) is 38.9. The number of aliphatic imine (C=N–C) groups is 1. The SMILES string of the molecule is C.C.Cc1nc(N)sc1-c1ccnc(C(C)(C)C)c1.Cc1nc(N=C(c2ccccc2)c2ccccc2)sc1-c1ccnc(C(C)(C)C)c1. The topological polar surface area (TPSA) is 89.9 Å². The molecule has 6 nitrogen and oxygen atoms in total. The van der Waals surface area contributed by atoms with E-state index in [-0.39, 0.29) is 25.7 Å². The van der Waals surface area contributed by atoms with Gasteiger partial charge in [0.1, 0.15) is 0 Å². The Morgan fingerprint density at radius 1 is 0.612 bits per heavy atom. The summed E-state index contributed by atoms with van der Waals surface area (Å²) in [6.45, 7) is 17.1. The number of hydrogen-bond acceptors (Lipinski definition) is 8. The minimum Gasteiger partial charge on any atom is -0.375 e. The molecule has 0 aliphatic heterocycles. The molecular weight excluding hydrogens is 641 g/mol. The molecule has 2 N–H and O–H groups in total. The van der Waals surface area contributed by atoms with E-state index in [0.717, 1.165) is 65.6 Å². The van der Waals surface area contributed by atoms with Crippen LogP contribution in [0.1, 0.15) is 90.3 Å². The maximum Gasteiger partial charge on any atom is 0.210 e. The van der Waals surface area contributed by atoms with Crippen molar-refractivity contribution in [3.05, 3.63) is 131 Å². The minimum atomic E-state index is 0. The number of nitrogens with zero attached hydrogens (tertiary/aromatic N) is 5. The summed E-state index contributed by atoms with van der Waals surface area (Å²) in [5, 5.41) is 1.38. The number of pyridine rings is 2. The van der Waals surface area contributed by atoms with Crippen molar-refractivity contribution in [2.75, 3.05) is 5.73 Å². The molecule has 256 valence electrons. The first-order valence-electron chi connectivity index (χ1n) is 15.6. The number of nitrogens with two attached hydrogens (primary N) is 1. The molecule has 0 fully saturated rings. The Hall–Kier alpha value is -4.53. The molecule has 2 aromatic carbocycles. The molecule has 0 aliphatic rings. The van der Waals surface area contributed by atoms with Crippen molar-refractivity contribution in [1.29, 1.82) is 0 Å². The van der Waals surface area contributed by atoms with E-state index < -0.39 is 0 Å². The molecule has 0 amide bonds. The standard InChI is InChI=1S/C26H25N3S.C13H17N3S.2CH4/c1-18-24(21-15-16-27-22(17-21)26(2,3)4)30-25(28-18)29-23(19-11-7-5-8-12-19)20-13-9-6-10-14-20;1-8-11(17-12(14)16-8)9-5-6-15-10(7-9)13(2,3)4;;/h5-17H,1-4H3;5-7H,1-4H3,(H2,14,16);2*1H4. The largest absolute Gasteiger partial charge is 0.375 e. The minimum absolute atomic E-state index is 0. The number of aromatic nitrogens is 4. The highest BCUT2D eigenvalue weighted by atomic mass is 32.1. The van der Waals surface area contributed by atoms with Crippen molar-refractivity contribution in [3.63, 3.8) is 0 Å². The van der Waals surface area contributed by atoms with Crippen LogP contribution in [0.15, 0.2) is 102 Å². The number of rotatable bonds is 5. The quantitative estimate of drug-likeness (QED) is 0.182. The third-order valence-corrected chi connectivity index (χ3v) is 9.62. The van der Waals surface area contributed by atoms with Crippen LogP contribution in [0.3, 0.4) is 0 Å². The molecule has 0 saturated carbocycles. The second-order valence-corrected chi connectivity index (χ2v) is 15.4. The Morgan fingerprint density at radius 3 is 1.45 bits per heavy atom. The number of thiazole rings is 2. The Labute approximate surface area is 301 Å². The Bertz CT molecular complexity index is 1940. The van der Waals surface area contributed by atoms with Crippen molar-refractivity contribution >= 4 is 38.6 Å². The summed E-state index contributed by atoms with van der Waals surface area (Å²) in [6, 6.07) is 28.9. The monoisotopic (exact) mass is 690 g/mol. The van der Waals surface area contributed by atoms with Gasteiger partial charge >= 0.3 is 0 Å². The highest BCUT2D eigenvalue weighted by Gasteiger charge is 2.19. The number of hydrogen-bond donors (Lipinski definition) is 1.